The van der Waals surface area contributed by atoms with Crippen molar-refractivity contribution in [3.05, 3.63) is 241 Å². The molecule has 0 aliphatic carbocycles. The molecule has 0 saturated carbocycles. The van der Waals surface area contributed by atoms with Crippen LogP contribution in [0.1, 0.15) is 22.9 Å². The summed E-state index contributed by atoms with van der Waals surface area (Å²) in [5.74, 6) is 1.47. The van der Waals surface area contributed by atoms with Crippen LogP contribution in [0.4, 0.5) is 0 Å². The molecule has 0 amide bonds. The molecule has 0 spiro atoms. The van der Waals surface area contributed by atoms with Crippen LogP contribution in [0.25, 0.3) is 108 Å². The summed E-state index contributed by atoms with van der Waals surface area (Å²) < 4.78 is 9.58. The molecule has 3 heterocycles. The number of amidine groups is 2. The predicted octanol–water partition coefficient (Wildman–Crippen LogP) is 16.9. The SMILES string of the molecule is c1ccc(-c2ccc(C3=NC(c4ccc5sc6ccccc6c5c4)NC(c4ccc(-c5ccc(-c6cc7ccccc7c7ccccc67)c6oc7cc8ccccc8cc7c56)cc4)=N3)cc2)cc1. The van der Waals surface area contributed by atoms with Gasteiger partial charge in [0.05, 0.1) is 0 Å². The van der Waals surface area contributed by atoms with Crippen molar-refractivity contribution in [2.75, 3.05) is 0 Å². The summed E-state index contributed by atoms with van der Waals surface area (Å²) in [4.78, 5) is 10.5. The van der Waals surface area contributed by atoms with Gasteiger partial charge in [-0.2, -0.15) is 0 Å². The largest absolute Gasteiger partial charge is 0.455 e. The van der Waals surface area contributed by atoms with Crippen molar-refractivity contribution in [2.45, 2.75) is 6.17 Å². The van der Waals surface area contributed by atoms with Crippen molar-refractivity contribution in [2.24, 2.45) is 9.98 Å². The lowest BCUT2D eigenvalue weighted by molar-refractivity contribution is 0.670. The number of benzene rings is 11. The first-order valence-corrected chi connectivity index (χ1v) is 23.9. The van der Waals surface area contributed by atoms with Gasteiger partial charge in [-0.3, -0.25) is 0 Å². The van der Waals surface area contributed by atoms with Gasteiger partial charge in [0.25, 0.3) is 0 Å². The number of nitrogens with one attached hydrogen (secondary N) is 1. The molecule has 1 unspecified atom stereocenters. The smallest absolute Gasteiger partial charge is 0.159 e. The summed E-state index contributed by atoms with van der Waals surface area (Å²) in [6.07, 6.45) is -0.348. The van der Waals surface area contributed by atoms with Crippen LogP contribution in [0.5, 0.6) is 0 Å². The highest BCUT2D eigenvalue weighted by Gasteiger charge is 2.24. The lowest BCUT2D eigenvalue weighted by Crippen LogP contribution is -2.33. The monoisotopic (exact) mass is 885 g/mol. The lowest BCUT2D eigenvalue weighted by Gasteiger charge is -2.24. The van der Waals surface area contributed by atoms with Crippen molar-refractivity contribution in [3.8, 4) is 33.4 Å². The van der Waals surface area contributed by atoms with Crippen molar-refractivity contribution < 1.29 is 4.42 Å². The van der Waals surface area contributed by atoms with Gasteiger partial charge in [0.1, 0.15) is 23.2 Å². The molecule has 1 N–H and O–H groups in total. The minimum atomic E-state index is -0.348. The third-order valence-electron chi connectivity index (χ3n) is 13.7. The van der Waals surface area contributed by atoms with Crippen LogP contribution in [-0.2, 0) is 0 Å². The molecule has 0 radical (unpaired) electrons. The van der Waals surface area contributed by atoms with Crippen molar-refractivity contribution in [3.63, 3.8) is 0 Å². The molecule has 318 valence electrons. The third kappa shape index (κ3) is 6.35. The molecule has 1 aliphatic rings. The molecule has 1 atom stereocenters. The average molecular weight is 886 g/mol. The Labute approximate surface area is 395 Å². The fourth-order valence-electron chi connectivity index (χ4n) is 10.4. The molecular weight excluding hydrogens is 847 g/mol. The topological polar surface area (TPSA) is 49.9 Å². The van der Waals surface area contributed by atoms with Crippen LogP contribution < -0.4 is 5.32 Å². The van der Waals surface area contributed by atoms with Gasteiger partial charge < -0.3 is 9.73 Å². The van der Waals surface area contributed by atoms with E-state index in [1.807, 2.05) is 17.4 Å². The van der Waals surface area contributed by atoms with E-state index >= 15 is 0 Å². The number of hydrogen-bond acceptors (Lipinski definition) is 5. The van der Waals surface area contributed by atoms with E-state index in [4.69, 9.17) is 14.4 Å². The number of hydrogen-bond donors (Lipinski definition) is 1. The number of furan rings is 1. The summed E-state index contributed by atoms with van der Waals surface area (Å²) in [6, 6.07) is 80.5. The van der Waals surface area contributed by atoms with Crippen molar-refractivity contribution in [1.29, 1.82) is 0 Å². The molecule has 4 nitrogen and oxygen atoms in total. The highest BCUT2D eigenvalue weighted by molar-refractivity contribution is 7.25. The van der Waals surface area contributed by atoms with Gasteiger partial charge >= 0.3 is 0 Å². The maximum absolute atomic E-state index is 7.03. The van der Waals surface area contributed by atoms with Crippen LogP contribution >= 0.6 is 11.3 Å². The first-order valence-electron chi connectivity index (χ1n) is 23.1. The number of thiophene rings is 1. The molecule has 14 rings (SSSR count). The van der Waals surface area contributed by atoms with E-state index in [-0.39, 0.29) is 6.17 Å². The van der Waals surface area contributed by atoms with E-state index in [9.17, 15) is 0 Å². The summed E-state index contributed by atoms with van der Waals surface area (Å²) in [5.41, 5.74) is 11.6. The fourth-order valence-corrected chi connectivity index (χ4v) is 11.4. The van der Waals surface area contributed by atoms with E-state index in [2.05, 4.69) is 224 Å². The fraction of sp³-hybridized carbons (Fsp3) is 0.0159. The Kier molecular flexibility index (Phi) is 8.79. The van der Waals surface area contributed by atoms with Crippen LogP contribution in [0.15, 0.2) is 239 Å². The van der Waals surface area contributed by atoms with Crippen molar-refractivity contribution >= 4 is 97.4 Å². The van der Waals surface area contributed by atoms with Gasteiger partial charge in [0.2, 0.25) is 0 Å². The van der Waals surface area contributed by atoms with Crippen LogP contribution in [0, 0.1) is 0 Å². The highest BCUT2D eigenvalue weighted by atomic mass is 32.1. The van der Waals surface area contributed by atoms with Gasteiger partial charge in [-0.1, -0.05) is 182 Å². The predicted molar refractivity (Wildman–Crippen MR) is 287 cm³/mol. The summed E-state index contributed by atoms with van der Waals surface area (Å²) >= 11 is 1.83. The molecule has 68 heavy (non-hydrogen) atoms. The first kappa shape index (κ1) is 38.6. The summed E-state index contributed by atoms with van der Waals surface area (Å²) in [5, 5.41) is 15.7. The van der Waals surface area contributed by atoms with E-state index in [1.54, 1.807) is 0 Å². The molecule has 0 saturated heterocycles. The number of nitrogens with zero attached hydrogens (tertiary/aromatic N) is 2. The highest BCUT2D eigenvalue weighted by Crippen LogP contribution is 2.46. The molecule has 1 aliphatic heterocycles. The lowest BCUT2D eigenvalue weighted by atomic mass is 9.90. The third-order valence-corrected chi connectivity index (χ3v) is 14.9. The Morgan fingerprint density at radius 1 is 0.397 bits per heavy atom. The molecule has 11 aromatic carbocycles. The van der Waals surface area contributed by atoms with E-state index in [0.717, 1.165) is 77.7 Å². The molecule has 0 fully saturated rings. The van der Waals surface area contributed by atoms with Gasteiger partial charge in [-0.15, -0.1) is 11.3 Å². The Morgan fingerprint density at radius 2 is 1.01 bits per heavy atom. The Morgan fingerprint density at radius 3 is 1.84 bits per heavy atom. The second kappa shape index (κ2) is 15.5. The van der Waals surface area contributed by atoms with Crippen LogP contribution in [0.2, 0.25) is 0 Å². The first-order chi connectivity index (χ1) is 33.7. The minimum Gasteiger partial charge on any atom is -0.455 e. The number of rotatable bonds is 6. The zero-order valence-corrected chi connectivity index (χ0v) is 37.5. The zero-order valence-electron chi connectivity index (χ0n) is 36.7. The molecule has 5 heteroatoms. The van der Waals surface area contributed by atoms with Crippen molar-refractivity contribution in [1.82, 2.24) is 5.32 Å². The second-order valence-corrected chi connectivity index (χ2v) is 18.8. The minimum absolute atomic E-state index is 0.348. The molecular formula is C63H39N3OS. The maximum Gasteiger partial charge on any atom is 0.159 e. The normalized spacial score (nSPS) is 14.0. The quantitative estimate of drug-likeness (QED) is 0.169. The Bertz CT molecular complexity index is 4220. The summed E-state index contributed by atoms with van der Waals surface area (Å²) in [7, 11) is 0. The number of aliphatic imine (C=N–C) groups is 2. The molecule has 0 bridgehead atoms. The second-order valence-electron chi connectivity index (χ2n) is 17.7. The van der Waals surface area contributed by atoms with E-state index in [0.29, 0.717) is 5.84 Å². The van der Waals surface area contributed by atoms with Crippen LogP contribution in [0.3, 0.4) is 0 Å². The average Bonchev–Trinajstić information content (AvgIpc) is 3.98. The molecule has 13 aromatic rings. The number of fused-ring (bicyclic) bond motifs is 10. The van der Waals surface area contributed by atoms with E-state index in [1.165, 1.54) is 52.7 Å². The van der Waals surface area contributed by atoms with E-state index < -0.39 is 0 Å². The Balaban J connectivity index is 0.899. The molecule has 2 aromatic heterocycles. The summed E-state index contributed by atoms with van der Waals surface area (Å²) in [6.45, 7) is 0. The van der Waals surface area contributed by atoms with Gasteiger partial charge in [0.15, 0.2) is 5.84 Å². The maximum atomic E-state index is 7.03. The van der Waals surface area contributed by atoms with Crippen LogP contribution in [-0.4, -0.2) is 11.7 Å². The standard InChI is InChI=1S/C63H39N3OS/c1-2-12-38(13-3-1)39-22-26-41(27-23-39)61-64-62(66-63(65-61)46-30-33-58-54(36-46)51-20-10-11-21-57(51)68-58)42-28-24-40(25-29-42)48-31-32-52(53-35-45-16-6-7-17-47(45)49-18-8-9-19-50(49)53)60-59(48)55-34-43-14-4-5-15-44(43)37-56(55)67-60/h1-37,63H,(H,64,65,66). The van der Waals surface area contributed by atoms with Gasteiger partial charge in [-0.05, 0) is 108 Å². The van der Waals surface area contributed by atoms with Gasteiger partial charge in [0, 0.05) is 47.6 Å². The zero-order chi connectivity index (χ0) is 44.7. The Hall–Kier alpha value is -8.64. The van der Waals surface area contributed by atoms with Gasteiger partial charge in [-0.25, -0.2) is 9.98 Å².